The smallest absolute Gasteiger partial charge is 0.254 e. The number of H-pyrrole nitrogens is 1. The first-order valence-corrected chi connectivity index (χ1v) is 13.0. The van der Waals surface area contributed by atoms with Crippen molar-refractivity contribution >= 4 is 45.6 Å². The van der Waals surface area contributed by atoms with E-state index in [0.717, 1.165) is 25.7 Å². The summed E-state index contributed by atoms with van der Waals surface area (Å²) in [5.74, 6) is 0.477. The van der Waals surface area contributed by atoms with Gasteiger partial charge in [-0.3, -0.25) is 14.8 Å². The third kappa shape index (κ3) is 4.10. The van der Waals surface area contributed by atoms with Crippen molar-refractivity contribution in [2.24, 2.45) is 0 Å². The number of anilines is 5. The zero-order valence-corrected chi connectivity index (χ0v) is 21.0. The van der Waals surface area contributed by atoms with Gasteiger partial charge < -0.3 is 10.2 Å². The Kier molecular flexibility index (Phi) is 6.12. The minimum absolute atomic E-state index is 0.0501. The molecule has 1 aliphatic carbocycles. The highest BCUT2D eigenvalue weighted by molar-refractivity contribution is 6.10. The molecule has 0 saturated heterocycles. The van der Waals surface area contributed by atoms with Gasteiger partial charge in [-0.25, -0.2) is 4.98 Å². The molecule has 0 radical (unpaired) electrons. The molecular formula is C28H27FN8O. The van der Waals surface area contributed by atoms with Crippen molar-refractivity contribution in [2.45, 2.75) is 57.5 Å². The molecule has 38 heavy (non-hydrogen) atoms. The molecule has 0 unspecified atom stereocenters. The molecule has 3 heterocycles. The molecule has 1 fully saturated rings. The Morgan fingerprint density at radius 3 is 2.82 bits per heavy atom. The van der Waals surface area contributed by atoms with E-state index in [1.54, 1.807) is 47.5 Å². The van der Waals surface area contributed by atoms with E-state index in [4.69, 9.17) is 4.98 Å². The number of amides is 1. The molecule has 2 aliphatic rings. The van der Waals surface area contributed by atoms with Gasteiger partial charge in [-0.15, -0.1) is 0 Å². The molecule has 192 valence electrons. The van der Waals surface area contributed by atoms with Crippen molar-refractivity contribution in [3.05, 3.63) is 60.2 Å². The van der Waals surface area contributed by atoms with Gasteiger partial charge in [0.05, 0.1) is 34.4 Å². The quantitative estimate of drug-likeness (QED) is 0.354. The third-order valence-corrected chi connectivity index (χ3v) is 7.43. The fourth-order valence-electron chi connectivity index (χ4n) is 5.63. The first-order valence-electron chi connectivity index (χ1n) is 13.0. The molecular weight excluding hydrogens is 483 g/mol. The molecule has 2 aromatic carbocycles. The predicted molar refractivity (Wildman–Crippen MR) is 143 cm³/mol. The monoisotopic (exact) mass is 510 g/mol. The average Bonchev–Trinajstić information content (AvgIpc) is 3.32. The summed E-state index contributed by atoms with van der Waals surface area (Å²) in [6, 6.07) is 14.2. The molecule has 1 saturated carbocycles. The second-order valence-corrected chi connectivity index (χ2v) is 9.76. The van der Waals surface area contributed by atoms with E-state index in [2.05, 4.69) is 31.5 Å². The van der Waals surface area contributed by atoms with Gasteiger partial charge in [0.15, 0.2) is 5.82 Å². The Bertz CT molecular complexity index is 1550. The number of hydrogen-bond acceptors (Lipinski definition) is 7. The van der Waals surface area contributed by atoms with Crippen LogP contribution >= 0.6 is 0 Å². The number of aromatic amines is 1. The van der Waals surface area contributed by atoms with Crippen LogP contribution in [-0.4, -0.2) is 38.2 Å². The highest BCUT2D eigenvalue weighted by Gasteiger charge is 2.42. The van der Waals surface area contributed by atoms with Crippen LogP contribution < -0.4 is 15.1 Å². The molecule has 2 aromatic heterocycles. The van der Waals surface area contributed by atoms with Gasteiger partial charge in [-0.05, 0) is 55.7 Å². The number of nitriles is 1. The first-order chi connectivity index (χ1) is 18.6. The first kappa shape index (κ1) is 23.9. The van der Waals surface area contributed by atoms with Gasteiger partial charge in [0.25, 0.3) is 5.91 Å². The van der Waals surface area contributed by atoms with Gasteiger partial charge >= 0.3 is 0 Å². The van der Waals surface area contributed by atoms with Crippen LogP contribution in [0.4, 0.5) is 33.2 Å². The number of fused-ring (bicyclic) bond motifs is 2. The van der Waals surface area contributed by atoms with Crippen LogP contribution in [-0.2, 0) is 4.79 Å². The zero-order valence-electron chi connectivity index (χ0n) is 21.0. The molecule has 6 rings (SSSR count). The Morgan fingerprint density at radius 1 is 1.18 bits per heavy atom. The number of halogens is 1. The van der Waals surface area contributed by atoms with E-state index in [0.29, 0.717) is 51.7 Å². The molecule has 0 bridgehead atoms. The van der Waals surface area contributed by atoms with E-state index >= 15 is 0 Å². The fraction of sp³-hybridized carbons (Fsp3) is 0.321. The van der Waals surface area contributed by atoms with E-state index in [1.807, 2.05) is 13.0 Å². The molecule has 2 N–H and O–H groups in total. The highest BCUT2D eigenvalue weighted by Crippen LogP contribution is 2.43. The van der Waals surface area contributed by atoms with Crippen molar-refractivity contribution in [2.75, 3.05) is 15.1 Å². The van der Waals surface area contributed by atoms with Gasteiger partial charge in [0.2, 0.25) is 11.9 Å². The van der Waals surface area contributed by atoms with Gasteiger partial charge in [-0.1, -0.05) is 32.3 Å². The van der Waals surface area contributed by atoms with Crippen LogP contribution in [0.1, 0.15) is 51.0 Å². The molecule has 4 aromatic rings. The lowest BCUT2D eigenvalue weighted by atomic mass is 9.91. The summed E-state index contributed by atoms with van der Waals surface area (Å²) in [5, 5.41) is 19.3. The van der Waals surface area contributed by atoms with Gasteiger partial charge in [-0.2, -0.15) is 19.7 Å². The van der Waals surface area contributed by atoms with E-state index in [1.165, 1.54) is 6.42 Å². The standard InChI is InChI=1S/C28H27FN8O/c1-2-23-27(38)37(20-10-6-7-17(13-20)15-30)24-16-31-28(33-26(24)36(23)19-8-4-3-5-9-19)32-18-11-12-22-21(14-18)25(29)35-34-22/h6-7,10-14,16,19,23H,2-5,8-9H2,1H3,(H,34,35)(H,31,32,33)/t23-/m1/s1. The lowest BCUT2D eigenvalue weighted by Crippen LogP contribution is -2.56. The molecule has 1 atom stereocenters. The fourth-order valence-corrected chi connectivity index (χ4v) is 5.63. The maximum absolute atomic E-state index is 14.1. The maximum atomic E-state index is 14.1. The summed E-state index contributed by atoms with van der Waals surface area (Å²) in [6.07, 6.45) is 7.68. The minimum Gasteiger partial charge on any atom is -0.340 e. The zero-order chi connectivity index (χ0) is 26.2. The summed E-state index contributed by atoms with van der Waals surface area (Å²) >= 11 is 0. The summed E-state index contributed by atoms with van der Waals surface area (Å²) < 4.78 is 14.1. The molecule has 1 amide bonds. The van der Waals surface area contributed by atoms with E-state index < -0.39 is 12.0 Å². The topological polar surface area (TPSA) is 114 Å². The summed E-state index contributed by atoms with van der Waals surface area (Å²) in [4.78, 5) is 27.3. The lowest BCUT2D eigenvalue weighted by Gasteiger charge is -2.46. The second-order valence-electron chi connectivity index (χ2n) is 9.76. The Labute approximate surface area is 219 Å². The number of nitrogens with zero attached hydrogens (tertiary/aromatic N) is 6. The number of nitrogens with one attached hydrogen (secondary N) is 2. The van der Waals surface area contributed by atoms with Crippen LogP contribution in [0, 0.1) is 17.3 Å². The van der Waals surface area contributed by atoms with Gasteiger partial charge in [0.1, 0.15) is 11.7 Å². The van der Waals surface area contributed by atoms with Crippen molar-refractivity contribution in [3.8, 4) is 6.07 Å². The van der Waals surface area contributed by atoms with Crippen LogP contribution in [0.25, 0.3) is 10.9 Å². The van der Waals surface area contributed by atoms with Crippen LogP contribution in [0.3, 0.4) is 0 Å². The van der Waals surface area contributed by atoms with E-state index in [9.17, 15) is 14.4 Å². The van der Waals surface area contributed by atoms with E-state index in [-0.39, 0.29) is 11.9 Å². The van der Waals surface area contributed by atoms with Crippen LogP contribution in [0.5, 0.6) is 0 Å². The highest BCUT2D eigenvalue weighted by atomic mass is 19.1. The Balaban J connectivity index is 1.46. The number of carbonyl (C=O) groups excluding carboxylic acids is 1. The number of hydrogen-bond donors (Lipinski definition) is 2. The molecule has 10 heteroatoms. The number of rotatable bonds is 5. The summed E-state index contributed by atoms with van der Waals surface area (Å²) in [7, 11) is 0. The maximum Gasteiger partial charge on any atom is 0.254 e. The second kappa shape index (κ2) is 9.74. The average molecular weight is 511 g/mol. The minimum atomic E-state index is -0.502. The molecule has 9 nitrogen and oxygen atoms in total. The molecule has 0 spiro atoms. The van der Waals surface area contributed by atoms with Crippen molar-refractivity contribution < 1.29 is 9.18 Å². The number of aromatic nitrogens is 4. The largest absolute Gasteiger partial charge is 0.340 e. The third-order valence-electron chi connectivity index (χ3n) is 7.43. The van der Waals surface area contributed by atoms with Crippen molar-refractivity contribution in [1.29, 1.82) is 5.26 Å². The normalized spacial score (nSPS) is 17.9. The Morgan fingerprint density at radius 2 is 2.03 bits per heavy atom. The summed E-state index contributed by atoms with van der Waals surface area (Å²) in [5.41, 5.74) is 2.83. The van der Waals surface area contributed by atoms with Crippen molar-refractivity contribution in [3.63, 3.8) is 0 Å². The summed E-state index contributed by atoms with van der Waals surface area (Å²) in [6.45, 7) is 2.02. The van der Waals surface area contributed by atoms with Crippen LogP contribution in [0.2, 0.25) is 0 Å². The van der Waals surface area contributed by atoms with Gasteiger partial charge in [0, 0.05) is 11.7 Å². The molecule has 1 aliphatic heterocycles. The predicted octanol–water partition coefficient (Wildman–Crippen LogP) is 5.70. The number of benzene rings is 2. The number of carbonyl (C=O) groups is 1. The SMILES string of the molecule is CC[C@@H]1C(=O)N(c2cccc(C#N)c2)c2cnc(Nc3ccc4n[nH]c(F)c4c3)nc2N1C1CCCCC1. The van der Waals surface area contributed by atoms with Crippen LogP contribution in [0.15, 0.2) is 48.7 Å². The Hall–Kier alpha value is -4.52. The van der Waals surface area contributed by atoms with Crippen molar-refractivity contribution in [1.82, 2.24) is 20.2 Å². The lowest BCUT2D eigenvalue weighted by molar-refractivity contribution is -0.119.